The van der Waals surface area contributed by atoms with Gasteiger partial charge in [0.1, 0.15) is 5.82 Å². The van der Waals surface area contributed by atoms with Crippen LogP contribution < -0.4 is 9.80 Å². The van der Waals surface area contributed by atoms with Crippen LogP contribution in [-0.2, 0) is 6.54 Å². The molecule has 0 radical (unpaired) electrons. The summed E-state index contributed by atoms with van der Waals surface area (Å²) in [5.41, 5.74) is 1.35. The monoisotopic (exact) mass is 375 g/mol. The van der Waals surface area contributed by atoms with Gasteiger partial charge in [-0.3, -0.25) is 4.90 Å². The van der Waals surface area contributed by atoms with Crippen molar-refractivity contribution in [1.82, 2.24) is 14.9 Å². The van der Waals surface area contributed by atoms with Crippen LogP contribution in [0.5, 0.6) is 0 Å². The number of anilines is 2. The van der Waals surface area contributed by atoms with Gasteiger partial charge in [-0.2, -0.15) is 4.98 Å². The second-order valence-electron chi connectivity index (χ2n) is 6.00. The van der Waals surface area contributed by atoms with Gasteiger partial charge in [-0.25, -0.2) is 4.98 Å². The SMILES string of the molecule is CN(C)c1ccnc(N2CCN(Cc3ccc(Br)cc3)CC2)n1. The average molecular weight is 376 g/mol. The number of hydrogen-bond donors (Lipinski definition) is 0. The van der Waals surface area contributed by atoms with Crippen LogP contribution in [-0.4, -0.2) is 55.1 Å². The molecule has 0 aliphatic carbocycles. The van der Waals surface area contributed by atoms with Crippen LogP contribution in [0.3, 0.4) is 0 Å². The first-order valence-corrected chi connectivity index (χ1v) is 8.63. The zero-order valence-electron chi connectivity index (χ0n) is 13.6. The highest BCUT2D eigenvalue weighted by atomic mass is 79.9. The number of benzene rings is 1. The lowest BCUT2D eigenvalue weighted by Crippen LogP contribution is -2.46. The number of piperazine rings is 1. The molecule has 122 valence electrons. The molecule has 2 heterocycles. The van der Waals surface area contributed by atoms with Gasteiger partial charge < -0.3 is 9.80 Å². The third-order valence-corrected chi connectivity index (χ3v) is 4.59. The van der Waals surface area contributed by atoms with E-state index in [0.29, 0.717) is 0 Å². The van der Waals surface area contributed by atoms with Crippen LogP contribution in [0.15, 0.2) is 41.0 Å². The number of hydrogen-bond acceptors (Lipinski definition) is 5. The van der Waals surface area contributed by atoms with E-state index in [4.69, 9.17) is 0 Å². The molecule has 1 aromatic carbocycles. The Morgan fingerprint density at radius 3 is 2.39 bits per heavy atom. The number of rotatable bonds is 4. The second kappa shape index (κ2) is 7.27. The molecule has 0 N–H and O–H groups in total. The highest BCUT2D eigenvalue weighted by molar-refractivity contribution is 9.10. The zero-order chi connectivity index (χ0) is 16.2. The van der Waals surface area contributed by atoms with E-state index >= 15 is 0 Å². The van der Waals surface area contributed by atoms with Gasteiger partial charge in [-0.1, -0.05) is 28.1 Å². The van der Waals surface area contributed by atoms with Crippen molar-refractivity contribution >= 4 is 27.7 Å². The van der Waals surface area contributed by atoms with Gasteiger partial charge in [0.05, 0.1) is 0 Å². The summed E-state index contributed by atoms with van der Waals surface area (Å²) in [6.07, 6.45) is 1.84. The molecule has 0 unspecified atom stereocenters. The molecule has 5 nitrogen and oxygen atoms in total. The van der Waals surface area contributed by atoms with Gasteiger partial charge in [0.2, 0.25) is 5.95 Å². The molecule has 1 saturated heterocycles. The summed E-state index contributed by atoms with van der Waals surface area (Å²) in [6.45, 7) is 5.00. The van der Waals surface area contributed by atoms with Crippen molar-refractivity contribution in [2.45, 2.75) is 6.54 Å². The Bertz CT molecular complexity index is 636. The minimum atomic E-state index is 0.833. The molecule has 1 aromatic heterocycles. The quantitative estimate of drug-likeness (QED) is 0.820. The van der Waals surface area contributed by atoms with Gasteiger partial charge in [-0.15, -0.1) is 0 Å². The number of aromatic nitrogens is 2. The third kappa shape index (κ3) is 4.20. The van der Waals surface area contributed by atoms with E-state index in [9.17, 15) is 0 Å². The Balaban J connectivity index is 1.58. The molecule has 23 heavy (non-hydrogen) atoms. The summed E-state index contributed by atoms with van der Waals surface area (Å²) >= 11 is 3.48. The molecule has 2 aromatic rings. The number of nitrogens with zero attached hydrogens (tertiary/aromatic N) is 5. The molecule has 6 heteroatoms. The van der Waals surface area contributed by atoms with Crippen molar-refractivity contribution < 1.29 is 0 Å². The summed E-state index contributed by atoms with van der Waals surface area (Å²) in [4.78, 5) is 15.8. The molecule has 1 aliphatic heterocycles. The predicted octanol–water partition coefficient (Wildman–Crippen LogP) is 2.63. The third-order valence-electron chi connectivity index (χ3n) is 4.06. The van der Waals surface area contributed by atoms with Crippen molar-refractivity contribution in [3.8, 4) is 0 Å². The fourth-order valence-corrected chi connectivity index (χ4v) is 2.96. The molecule has 0 saturated carbocycles. The van der Waals surface area contributed by atoms with E-state index in [-0.39, 0.29) is 0 Å². The van der Waals surface area contributed by atoms with Gasteiger partial charge in [-0.05, 0) is 23.8 Å². The Morgan fingerprint density at radius 1 is 1.04 bits per heavy atom. The summed E-state index contributed by atoms with van der Waals surface area (Å²) < 4.78 is 1.13. The van der Waals surface area contributed by atoms with Crippen LogP contribution in [0, 0.1) is 0 Å². The maximum absolute atomic E-state index is 4.63. The largest absolute Gasteiger partial charge is 0.363 e. The molecule has 0 atom stereocenters. The standard InChI is InChI=1S/C17H22BrN5/c1-21(2)16-7-8-19-17(20-16)23-11-9-22(10-12-23)13-14-3-5-15(18)6-4-14/h3-8H,9-13H2,1-2H3. The van der Waals surface area contributed by atoms with Crippen LogP contribution in [0.4, 0.5) is 11.8 Å². The molecule has 1 aliphatic rings. The van der Waals surface area contributed by atoms with Crippen molar-refractivity contribution in [3.63, 3.8) is 0 Å². The first kappa shape index (κ1) is 16.2. The predicted molar refractivity (Wildman–Crippen MR) is 98.0 cm³/mol. The van der Waals surface area contributed by atoms with E-state index in [1.165, 1.54) is 5.56 Å². The first-order chi connectivity index (χ1) is 11.1. The molecule has 1 fully saturated rings. The maximum atomic E-state index is 4.63. The van der Waals surface area contributed by atoms with Gasteiger partial charge >= 0.3 is 0 Å². The lowest BCUT2D eigenvalue weighted by atomic mass is 10.2. The highest BCUT2D eigenvalue weighted by Gasteiger charge is 2.19. The normalized spacial score (nSPS) is 15.7. The lowest BCUT2D eigenvalue weighted by Gasteiger charge is -2.35. The van der Waals surface area contributed by atoms with Gasteiger partial charge in [0.15, 0.2) is 0 Å². The molecule has 0 amide bonds. The van der Waals surface area contributed by atoms with Crippen molar-refractivity contribution in [1.29, 1.82) is 0 Å². The smallest absolute Gasteiger partial charge is 0.227 e. The summed E-state index contributed by atoms with van der Waals surface area (Å²) in [6, 6.07) is 10.5. The van der Waals surface area contributed by atoms with Gasteiger partial charge in [0.25, 0.3) is 0 Å². The van der Waals surface area contributed by atoms with Crippen molar-refractivity contribution in [2.75, 3.05) is 50.1 Å². The van der Waals surface area contributed by atoms with E-state index in [1.54, 1.807) is 0 Å². The van der Waals surface area contributed by atoms with E-state index in [1.807, 2.05) is 31.3 Å². The Hall–Kier alpha value is -1.66. The van der Waals surface area contributed by atoms with Crippen LogP contribution in [0.1, 0.15) is 5.56 Å². The lowest BCUT2D eigenvalue weighted by molar-refractivity contribution is 0.248. The van der Waals surface area contributed by atoms with Crippen molar-refractivity contribution in [2.24, 2.45) is 0 Å². The second-order valence-corrected chi connectivity index (χ2v) is 6.91. The first-order valence-electron chi connectivity index (χ1n) is 7.84. The van der Waals surface area contributed by atoms with Crippen molar-refractivity contribution in [3.05, 3.63) is 46.6 Å². The summed E-state index contributed by atoms with van der Waals surface area (Å²) in [5.74, 6) is 1.78. The minimum Gasteiger partial charge on any atom is -0.363 e. The average Bonchev–Trinajstić information content (AvgIpc) is 2.58. The van der Waals surface area contributed by atoms with E-state index in [0.717, 1.165) is 49.0 Å². The minimum absolute atomic E-state index is 0.833. The van der Waals surface area contributed by atoms with Crippen LogP contribution in [0.25, 0.3) is 0 Å². The molecule has 3 rings (SSSR count). The molecule has 0 spiro atoms. The molecular weight excluding hydrogens is 354 g/mol. The molecule has 0 bridgehead atoms. The van der Waals surface area contributed by atoms with E-state index in [2.05, 4.69) is 60.0 Å². The van der Waals surface area contributed by atoms with E-state index < -0.39 is 0 Å². The Morgan fingerprint density at radius 2 is 1.74 bits per heavy atom. The highest BCUT2D eigenvalue weighted by Crippen LogP contribution is 2.17. The zero-order valence-corrected chi connectivity index (χ0v) is 15.2. The maximum Gasteiger partial charge on any atom is 0.227 e. The molecular formula is C17H22BrN5. The topological polar surface area (TPSA) is 35.5 Å². The summed E-state index contributed by atoms with van der Waals surface area (Å²) in [5, 5.41) is 0. The fourth-order valence-electron chi connectivity index (χ4n) is 2.69. The summed E-state index contributed by atoms with van der Waals surface area (Å²) in [7, 11) is 4.00. The van der Waals surface area contributed by atoms with Crippen LogP contribution in [0.2, 0.25) is 0 Å². The van der Waals surface area contributed by atoms with Crippen LogP contribution >= 0.6 is 15.9 Å². The Labute approximate surface area is 146 Å². The Kier molecular flexibility index (Phi) is 5.13. The fraction of sp³-hybridized carbons (Fsp3) is 0.412. The number of halogens is 1. The van der Waals surface area contributed by atoms with Gasteiger partial charge in [0, 0.05) is 57.5 Å².